The first kappa shape index (κ1) is 16.3. The van der Waals surface area contributed by atoms with E-state index in [-0.39, 0.29) is 5.91 Å². The van der Waals surface area contributed by atoms with Crippen molar-refractivity contribution in [2.75, 3.05) is 24.5 Å². The van der Waals surface area contributed by atoms with E-state index in [1.807, 2.05) is 29.7 Å². The quantitative estimate of drug-likeness (QED) is 0.594. The Balaban J connectivity index is 1.69. The highest BCUT2D eigenvalue weighted by Crippen LogP contribution is 2.12. The highest BCUT2D eigenvalue weighted by molar-refractivity contribution is 7.10. The number of anilines is 1. The molecule has 2 aromatic rings. The van der Waals surface area contributed by atoms with Crippen molar-refractivity contribution >= 4 is 29.0 Å². The van der Waals surface area contributed by atoms with Gasteiger partial charge in [-0.25, -0.2) is 0 Å². The molecule has 0 fully saturated rings. The minimum absolute atomic E-state index is 0.0313. The van der Waals surface area contributed by atoms with Crippen molar-refractivity contribution < 1.29 is 4.79 Å². The minimum atomic E-state index is -0.0313. The second-order valence-electron chi connectivity index (χ2n) is 4.91. The van der Waals surface area contributed by atoms with Gasteiger partial charge < -0.3 is 10.2 Å². The third-order valence-corrected chi connectivity index (χ3v) is 4.19. The molecule has 1 N–H and O–H groups in total. The van der Waals surface area contributed by atoms with Gasteiger partial charge >= 0.3 is 0 Å². The molecule has 0 saturated carbocycles. The molecule has 3 nitrogen and oxygen atoms in total. The normalized spacial score (nSPS) is 10.8. The van der Waals surface area contributed by atoms with Gasteiger partial charge in [-0.3, -0.25) is 4.79 Å². The standard InChI is InChI=1S/C18H22N2OS/c1-2-20(16-8-4-3-5-9-16)14-7-13-19-18(21)12-11-17-10-6-15-22-17/h3-6,8-12,15H,2,7,13-14H2,1H3,(H,19,21). The van der Waals surface area contributed by atoms with E-state index in [9.17, 15) is 4.79 Å². The molecule has 0 atom stereocenters. The lowest BCUT2D eigenvalue weighted by Gasteiger charge is -2.23. The van der Waals surface area contributed by atoms with Crippen LogP contribution in [0.1, 0.15) is 18.2 Å². The van der Waals surface area contributed by atoms with Gasteiger partial charge in [0.05, 0.1) is 0 Å². The summed E-state index contributed by atoms with van der Waals surface area (Å²) in [6.45, 7) is 4.75. The van der Waals surface area contributed by atoms with Crippen molar-refractivity contribution in [2.24, 2.45) is 0 Å². The molecule has 0 aliphatic heterocycles. The van der Waals surface area contributed by atoms with Crippen LogP contribution in [0.15, 0.2) is 53.9 Å². The lowest BCUT2D eigenvalue weighted by Crippen LogP contribution is -2.29. The number of nitrogens with one attached hydrogen (secondary N) is 1. The lowest BCUT2D eigenvalue weighted by atomic mass is 10.2. The van der Waals surface area contributed by atoms with Gasteiger partial charge in [0.15, 0.2) is 0 Å². The van der Waals surface area contributed by atoms with Crippen LogP contribution >= 0.6 is 11.3 Å². The average molecular weight is 314 g/mol. The molecule has 1 heterocycles. The van der Waals surface area contributed by atoms with Gasteiger partial charge in [0, 0.05) is 36.3 Å². The van der Waals surface area contributed by atoms with Crippen molar-refractivity contribution in [3.63, 3.8) is 0 Å². The molecule has 0 aliphatic rings. The molecule has 4 heteroatoms. The van der Waals surface area contributed by atoms with Gasteiger partial charge in [-0.15, -0.1) is 11.3 Å². The van der Waals surface area contributed by atoms with Gasteiger partial charge in [-0.1, -0.05) is 24.3 Å². The van der Waals surface area contributed by atoms with Crippen LogP contribution in [0.25, 0.3) is 6.08 Å². The van der Waals surface area contributed by atoms with Gasteiger partial charge in [0.2, 0.25) is 5.91 Å². The molecule has 22 heavy (non-hydrogen) atoms. The Hall–Kier alpha value is -2.07. The smallest absolute Gasteiger partial charge is 0.244 e. The SMILES string of the molecule is CCN(CCCNC(=O)C=Cc1cccs1)c1ccccc1. The van der Waals surface area contributed by atoms with E-state index >= 15 is 0 Å². The van der Waals surface area contributed by atoms with Crippen molar-refractivity contribution in [1.82, 2.24) is 5.32 Å². The number of carbonyl (C=O) groups is 1. The summed E-state index contributed by atoms with van der Waals surface area (Å²) in [5, 5.41) is 4.93. The predicted molar refractivity (Wildman–Crippen MR) is 95.3 cm³/mol. The number of nitrogens with zero attached hydrogens (tertiary/aromatic N) is 1. The van der Waals surface area contributed by atoms with E-state index in [1.54, 1.807) is 17.4 Å². The summed E-state index contributed by atoms with van der Waals surface area (Å²) < 4.78 is 0. The summed E-state index contributed by atoms with van der Waals surface area (Å²) in [4.78, 5) is 15.1. The zero-order chi connectivity index (χ0) is 15.6. The van der Waals surface area contributed by atoms with E-state index in [1.165, 1.54) is 5.69 Å². The summed E-state index contributed by atoms with van der Waals surface area (Å²) in [6, 6.07) is 14.3. The Morgan fingerprint density at radius 3 is 2.73 bits per heavy atom. The van der Waals surface area contributed by atoms with Crippen LogP contribution in [0.5, 0.6) is 0 Å². The maximum absolute atomic E-state index is 11.7. The molecule has 2 rings (SSSR count). The largest absolute Gasteiger partial charge is 0.372 e. The third-order valence-electron chi connectivity index (χ3n) is 3.35. The van der Waals surface area contributed by atoms with Crippen LogP contribution in [-0.2, 0) is 4.79 Å². The average Bonchev–Trinajstić information content (AvgIpc) is 3.07. The number of rotatable bonds is 8. The van der Waals surface area contributed by atoms with E-state index in [0.29, 0.717) is 6.54 Å². The van der Waals surface area contributed by atoms with Crippen LogP contribution in [0, 0.1) is 0 Å². The Morgan fingerprint density at radius 2 is 2.05 bits per heavy atom. The van der Waals surface area contributed by atoms with E-state index in [2.05, 4.69) is 41.4 Å². The van der Waals surface area contributed by atoms with Crippen LogP contribution in [0.3, 0.4) is 0 Å². The van der Waals surface area contributed by atoms with Gasteiger partial charge in [0.25, 0.3) is 0 Å². The minimum Gasteiger partial charge on any atom is -0.372 e. The summed E-state index contributed by atoms with van der Waals surface area (Å²) in [5.74, 6) is -0.0313. The fourth-order valence-electron chi connectivity index (χ4n) is 2.19. The Morgan fingerprint density at radius 1 is 1.23 bits per heavy atom. The Labute approximate surface area is 136 Å². The molecule has 1 aromatic heterocycles. The molecule has 0 bridgehead atoms. The predicted octanol–water partition coefficient (Wildman–Crippen LogP) is 3.79. The van der Waals surface area contributed by atoms with Gasteiger partial charge in [0.1, 0.15) is 0 Å². The molecular weight excluding hydrogens is 292 g/mol. The van der Waals surface area contributed by atoms with Gasteiger partial charge in [-0.2, -0.15) is 0 Å². The first-order valence-corrected chi connectivity index (χ1v) is 8.47. The Bertz CT molecular complexity index is 578. The number of carbonyl (C=O) groups excluding carboxylic acids is 1. The number of para-hydroxylation sites is 1. The fourth-order valence-corrected chi connectivity index (χ4v) is 2.81. The molecule has 0 saturated heterocycles. The van der Waals surface area contributed by atoms with Crippen molar-refractivity contribution in [3.05, 3.63) is 58.8 Å². The van der Waals surface area contributed by atoms with Crippen molar-refractivity contribution in [2.45, 2.75) is 13.3 Å². The number of benzene rings is 1. The number of hydrogen-bond acceptors (Lipinski definition) is 3. The monoisotopic (exact) mass is 314 g/mol. The molecule has 0 spiro atoms. The summed E-state index contributed by atoms with van der Waals surface area (Å²) in [5.41, 5.74) is 1.23. The van der Waals surface area contributed by atoms with E-state index in [0.717, 1.165) is 24.4 Å². The maximum atomic E-state index is 11.7. The second kappa shape index (κ2) is 9.05. The third kappa shape index (κ3) is 5.37. The summed E-state index contributed by atoms with van der Waals surface area (Å²) in [7, 11) is 0. The molecule has 0 unspecified atom stereocenters. The molecule has 1 amide bonds. The van der Waals surface area contributed by atoms with Crippen LogP contribution in [0.4, 0.5) is 5.69 Å². The van der Waals surface area contributed by atoms with Crippen LogP contribution in [0.2, 0.25) is 0 Å². The van der Waals surface area contributed by atoms with Crippen molar-refractivity contribution in [3.8, 4) is 0 Å². The summed E-state index contributed by atoms with van der Waals surface area (Å²) in [6.07, 6.45) is 4.38. The number of thiophene rings is 1. The lowest BCUT2D eigenvalue weighted by molar-refractivity contribution is -0.116. The van der Waals surface area contributed by atoms with E-state index in [4.69, 9.17) is 0 Å². The Kier molecular flexibility index (Phi) is 6.71. The van der Waals surface area contributed by atoms with Gasteiger partial charge in [-0.05, 0) is 43.0 Å². The topological polar surface area (TPSA) is 32.3 Å². The molecule has 116 valence electrons. The second-order valence-corrected chi connectivity index (χ2v) is 5.89. The number of amides is 1. The highest BCUT2D eigenvalue weighted by Gasteiger charge is 2.03. The van der Waals surface area contributed by atoms with E-state index < -0.39 is 0 Å². The number of hydrogen-bond donors (Lipinski definition) is 1. The zero-order valence-electron chi connectivity index (χ0n) is 12.9. The first-order chi connectivity index (χ1) is 10.8. The first-order valence-electron chi connectivity index (χ1n) is 7.59. The molecular formula is C18H22N2OS. The molecule has 0 aliphatic carbocycles. The van der Waals surface area contributed by atoms with Crippen molar-refractivity contribution in [1.29, 1.82) is 0 Å². The van der Waals surface area contributed by atoms with Crippen LogP contribution in [-0.4, -0.2) is 25.5 Å². The maximum Gasteiger partial charge on any atom is 0.244 e. The molecule has 0 radical (unpaired) electrons. The highest BCUT2D eigenvalue weighted by atomic mass is 32.1. The fraction of sp³-hybridized carbons (Fsp3) is 0.278. The summed E-state index contributed by atoms with van der Waals surface area (Å²) >= 11 is 1.62. The van der Waals surface area contributed by atoms with Crippen LogP contribution < -0.4 is 10.2 Å². The molecule has 1 aromatic carbocycles. The zero-order valence-corrected chi connectivity index (χ0v) is 13.7.